The summed E-state index contributed by atoms with van der Waals surface area (Å²) < 4.78 is 37.8. The molecular formula is C21H24F2O8. The minimum Gasteiger partial charge on any atom is -0.387 e. The molecule has 0 radical (unpaired) electrons. The highest BCUT2D eigenvalue weighted by atomic mass is 19.3. The van der Waals surface area contributed by atoms with Gasteiger partial charge in [0.25, 0.3) is 0 Å². The first-order valence-electron chi connectivity index (χ1n) is 9.31. The predicted molar refractivity (Wildman–Crippen MR) is 102 cm³/mol. The van der Waals surface area contributed by atoms with E-state index in [9.17, 15) is 18.7 Å². The van der Waals surface area contributed by atoms with Crippen LogP contribution in [0.1, 0.15) is 11.1 Å². The van der Waals surface area contributed by atoms with Gasteiger partial charge in [-0.25, -0.2) is 19.6 Å². The van der Waals surface area contributed by atoms with E-state index in [2.05, 4.69) is 19.6 Å². The first-order chi connectivity index (χ1) is 15.0. The van der Waals surface area contributed by atoms with Crippen molar-refractivity contribution in [2.75, 3.05) is 20.2 Å². The van der Waals surface area contributed by atoms with Gasteiger partial charge < -0.3 is 14.6 Å². The van der Waals surface area contributed by atoms with Crippen molar-refractivity contribution in [2.24, 2.45) is 0 Å². The number of aliphatic hydroxyl groups is 1. The van der Waals surface area contributed by atoms with Gasteiger partial charge in [-0.3, -0.25) is 4.79 Å². The molecular weight excluding hydrogens is 418 g/mol. The standard InChI is InChI=1S/C21H24F2O8/c22-21(23,14-24)20(31-30-16-27-12-18-9-5-2-6-10-18)19(25)13-28-29-15-26-11-17-7-3-1-4-8-17/h1-10,14,19-20,25H,11-13,15-16H2/t19-,20-/m1/s1. The zero-order valence-electron chi connectivity index (χ0n) is 16.6. The number of rotatable bonds is 16. The van der Waals surface area contributed by atoms with E-state index in [0.717, 1.165) is 11.1 Å². The van der Waals surface area contributed by atoms with Gasteiger partial charge in [0.1, 0.15) is 12.7 Å². The third-order valence-corrected chi connectivity index (χ3v) is 3.87. The summed E-state index contributed by atoms with van der Waals surface area (Å²) in [6.45, 7) is -1.13. The number of benzene rings is 2. The van der Waals surface area contributed by atoms with Gasteiger partial charge in [-0.05, 0) is 11.1 Å². The highest BCUT2D eigenvalue weighted by Gasteiger charge is 2.46. The van der Waals surface area contributed by atoms with E-state index in [0.29, 0.717) is 0 Å². The van der Waals surface area contributed by atoms with Gasteiger partial charge in [-0.2, -0.15) is 8.78 Å². The molecule has 31 heavy (non-hydrogen) atoms. The van der Waals surface area contributed by atoms with Crippen LogP contribution in [0.5, 0.6) is 0 Å². The Bertz CT molecular complexity index is 733. The molecule has 0 aromatic heterocycles. The van der Waals surface area contributed by atoms with Crippen molar-refractivity contribution >= 4 is 6.29 Å². The van der Waals surface area contributed by atoms with Crippen molar-refractivity contribution in [1.29, 1.82) is 0 Å². The maximum Gasteiger partial charge on any atom is 0.333 e. The van der Waals surface area contributed by atoms with Gasteiger partial charge in [0.05, 0.1) is 13.2 Å². The van der Waals surface area contributed by atoms with Crippen LogP contribution in [-0.4, -0.2) is 49.7 Å². The SMILES string of the molecule is O=CC(F)(F)[C@H](OOCOCc1ccccc1)[C@H](O)COOCOCc1ccccc1. The van der Waals surface area contributed by atoms with Crippen LogP contribution in [0.3, 0.4) is 0 Å². The van der Waals surface area contributed by atoms with Crippen LogP contribution in [0.2, 0.25) is 0 Å². The molecule has 2 aromatic rings. The minimum absolute atomic E-state index is 0.154. The average Bonchev–Trinajstić information content (AvgIpc) is 2.79. The Morgan fingerprint density at radius 1 is 0.839 bits per heavy atom. The molecule has 0 saturated heterocycles. The molecule has 2 aromatic carbocycles. The Labute approximate surface area is 178 Å². The van der Waals surface area contributed by atoms with E-state index >= 15 is 0 Å². The predicted octanol–water partition coefficient (Wildman–Crippen LogP) is 2.80. The van der Waals surface area contributed by atoms with Crippen LogP contribution < -0.4 is 0 Å². The molecule has 2 rings (SSSR count). The van der Waals surface area contributed by atoms with Gasteiger partial charge in [0.15, 0.2) is 26.0 Å². The highest BCUT2D eigenvalue weighted by molar-refractivity contribution is 5.60. The van der Waals surface area contributed by atoms with Crippen molar-refractivity contribution in [3.8, 4) is 0 Å². The second-order valence-corrected chi connectivity index (χ2v) is 6.30. The average molecular weight is 442 g/mol. The van der Waals surface area contributed by atoms with Gasteiger partial charge in [0.2, 0.25) is 0 Å². The molecule has 0 aliphatic rings. The number of alkyl halides is 2. The van der Waals surface area contributed by atoms with Crippen molar-refractivity contribution < 1.29 is 47.7 Å². The number of carbonyl (C=O) groups excluding carboxylic acids is 1. The summed E-state index contributed by atoms with van der Waals surface area (Å²) in [4.78, 5) is 29.1. The van der Waals surface area contributed by atoms with Crippen molar-refractivity contribution in [3.05, 3.63) is 71.8 Å². The molecule has 1 N–H and O–H groups in total. The van der Waals surface area contributed by atoms with Gasteiger partial charge in [-0.15, -0.1) is 0 Å². The second-order valence-electron chi connectivity index (χ2n) is 6.30. The third-order valence-electron chi connectivity index (χ3n) is 3.87. The van der Waals surface area contributed by atoms with Gasteiger partial charge >= 0.3 is 5.92 Å². The smallest absolute Gasteiger partial charge is 0.333 e. The van der Waals surface area contributed by atoms with Crippen LogP contribution in [-0.2, 0) is 47.0 Å². The van der Waals surface area contributed by atoms with Crippen LogP contribution in [0, 0.1) is 0 Å². The summed E-state index contributed by atoms with van der Waals surface area (Å²) in [6, 6.07) is 18.3. The maximum absolute atomic E-state index is 13.8. The zero-order chi connectivity index (χ0) is 22.4. The van der Waals surface area contributed by atoms with Crippen LogP contribution in [0.25, 0.3) is 0 Å². The Morgan fingerprint density at radius 2 is 1.35 bits per heavy atom. The number of hydrogen-bond acceptors (Lipinski definition) is 8. The molecule has 0 spiro atoms. The number of hydrogen-bond donors (Lipinski definition) is 1. The lowest BCUT2D eigenvalue weighted by Crippen LogP contribution is -2.48. The lowest BCUT2D eigenvalue weighted by atomic mass is 10.1. The molecule has 0 aliphatic heterocycles. The Kier molecular flexibility index (Phi) is 11.2. The molecule has 0 fully saturated rings. The molecule has 0 saturated carbocycles. The number of aliphatic hydroxyl groups excluding tert-OH is 1. The normalized spacial score (nSPS) is 13.6. The fourth-order valence-corrected chi connectivity index (χ4v) is 2.33. The number of ether oxygens (including phenoxy) is 2. The molecule has 0 aliphatic carbocycles. The molecule has 0 heterocycles. The monoisotopic (exact) mass is 442 g/mol. The van der Waals surface area contributed by atoms with E-state index in [1.54, 1.807) is 12.1 Å². The van der Waals surface area contributed by atoms with Crippen molar-refractivity contribution in [3.63, 3.8) is 0 Å². The fourth-order valence-electron chi connectivity index (χ4n) is 2.33. The zero-order valence-corrected chi connectivity index (χ0v) is 16.6. The van der Waals surface area contributed by atoms with E-state index in [1.165, 1.54) is 0 Å². The van der Waals surface area contributed by atoms with E-state index in [-0.39, 0.29) is 20.0 Å². The number of carbonyl (C=O) groups is 1. The first-order valence-corrected chi connectivity index (χ1v) is 9.31. The lowest BCUT2D eigenvalue weighted by Gasteiger charge is -2.25. The molecule has 0 unspecified atom stereocenters. The molecule has 2 atom stereocenters. The minimum atomic E-state index is -4.04. The summed E-state index contributed by atoms with van der Waals surface area (Å²) in [5.41, 5.74) is 1.73. The Balaban J connectivity index is 1.66. The van der Waals surface area contributed by atoms with Gasteiger partial charge in [0, 0.05) is 0 Å². The summed E-state index contributed by atoms with van der Waals surface area (Å²) in [5.74, 6) is -4.04. The van der Waals surface area contributed by atoms with E-state index in [4.69, 9.17) is 9.47 Å². The first kappa shape index (κ1) is 25.0. The number of halogens is 2. The summed E-state index contributed by atoms with van der Waals surface area (Å²) in [5, 5.41) is 9.91. The molecule has 170 valence electrons. The summed E-state index contributed by atoms with van der Waals surface area (Å²) in [7, 11) is 0. The van der Waals surface area contributed by atoms with Crippen LogP contribution in [0.15, 0.2) is 60.7 Å². The topological polar surface area (TPSA) is 92.7 Å². The summed E-state index contributed by atoms with van der Waals surface area (Å²) >= 11 is 0. The summed E-state index contributed by atoms with van der Waals surface area (Å²) in [6.07, 6.45) is -4.93. The third kappa shape index (κ3) is 9.57. The van der Waals surface area contributed by atoms with E-state index in [1.807, 2.05) is 48.5 Å². The number of aldehydes is 1. The molecule has 8 nitrogen and oxygen atoms in total. The Hall–Kier alpha value is -2.31. The van der Waals surface area contributed by atoms with Crippen LogP contribution >= 0.6 is 0 Å². The highest BCUT2D eigenvalue weighted by Crippen LogP contribution is 2.22. The second kappa shape index (κ2) is 13.9. The maximum atomic E-state index is 13.8. The molecule has 0 amide bonds. The molecule has 0 bridgehead atoms. The molecule has 10 heteroatoms. The largest absolute Gasteiger partial charge is 0.387 e. The van der Waals surface area contributed by atoms with E-state index < -0.39 is 37.8 Å². The van der Waals surface area contributed by atoms with Crippen molar-refractivity contribution in [2.45, 2.75) is 31.3 Å². The Morgan fingerprint density at radius 3 is 1.87 bits per heavy atom. The van der Waals surface area contributed by atoms with Crippen LogP contribution in [0.4, 0.5) is 8.78 Å². The quantitative estimate of drug-likeness (QED) is 0.140. The lowest BCUT2D eigenvalue weighted by molar-refractivity contribution is -0.405. The van der Waals surface area contributed by atoms with Crippen molar-refractivity contribution in [1.82, 2.24) is 0 Å². The van der Waals surface area contributed by atoms with Gasteiger partial charge in [-0.1, -0.05) is 60.7 Å². The fraction of sp³-hybridized carbons (Fsp3) is 0.381.